The molecule has 0 radical (unpaired) electrons. The molecule has 0 aromatic heterocycles. The Morgan fingerprint density at radius 1 is 1.25 bits per heavy atom. The van der Waals surface area contributed by atoms with Gasteiger partial charge < -0.3 is 10.2 Å². The topological polar surface area (TPSA) is 49.4 Å². The Morgan fingerprint density at radius 2 is 1.95 bits per heavy atom. The summed E-state index contributed by atoms with van der Waals surface area (Å²) in [4.78, 5) is 26.9. The van der Waals surface area contributed by atoms with Crippen molar-refractivity contribution in [2.45, 2.75) is 71.4 Å². The molecule has 2 rings (SSSR count). The summed E-state index contributed by atoms with van der Waals surface area (Å²) in [6.45, 7) is 7.14. The summed E-state index contributed by atoms with van der Waals surface area (Å²) in [5, 5.41) is 2.97. The zero-order chi connectivity index (χ0) is 14.7. The summed E-state index contributed by atoms with van der Waals surface area (Å²) < 4.78 is 0. The van der Waals surface area contributed by atoms with Crippen molar-refractivity contribution in [2.75, 3.05) is 6.54 Å². The molecule has 2 amide bonds. The number of nitrogens with zero attached hydrogens (tertiary/aromatic N) is 1. The first-order valence-corrected chi connectivity index (χ1v) is 8.19. The summed E-state index contributed by atoms with van der Waals surface area (Å²) in [5.74, 6) is 1.08. The van der Waals surface area contributed by atoms with Crippen molar-refractivity contribution >= 4 is 11.8 Å². The van der Waals surface area contributed by atoms with Crippen LogP contribution in [0.25, 0.3) is 0 Å². The molecule has 1 heterocycles. The molecule has 1 aliphatic heterocycles. The fraction of sp³-hybridized carbons (Fsp3) is 0.875. The zero-order valence-corrected chi connectivity index (χ0v) is 13.0. The van der Waals surface area contributed by atoms with Gasteiger partial charge in [0.15, 0.2) is 0 Å². The van der Waals surface area contributed by atoms with Gasteiger partial charge in [-0.05, 0) is 37.5 Å². The summed E-state index contributed by atoms with van der Waals surface area (Å²) >= 11 is 0. The molecule has 114 valence electrons. The maximum absolute atomic E-state index is 12.7. The minimum Gasteiger partial charge on any atom is -0.342 e. The summed E-state index contributed by atoms with van der Waals surface area (Å²) in [7, 11) is 0. The third-order valence-electron chi connectivity index (χ3n) is 4.47. The lowest BCUT2D eigenvalue weighted by Crippen LogP contribution is -2.64. The molecule has 3 unspecified atom stereocenters. The predicted molar refractivity (Wildman–Crippen MR) is 79.1 cm³/mol. The third-order valence-corrected chi connectivity index (χ3v) is 4.47. The Kier molecular flexibility index (Phi) is 5.06. The van der Waals surface area contributed by atoms with Gasteiger partial charge in [0, 0.05) is 6.54 Å². The van der Waals surface area contributed by atoms with Crippen LogP contribution in [0.3, 0.4) is 0 Å². The molecular formula is C16H28N2O2. The highest BCUT2D eigenvalue weighted by Gasteiger charge is 2.46. The second kappa shape index (κ2) is 6.59. The van der Waals surface area contributed by atoms with Gasteiger partial charge in [-0.15, -0.1) is 0 Å². The van der Waals surface area contributed by atoms with Crippen molar-refractivity contribution in [3.8, 4) is 0 Å². The van der Waals surface area contributed by atoms with Crippen LogP contribution in [0, 0.1) is 11.8 Å². The molecule has 0 bridgehead atoms. The molecule has 0 spiro atoms. The normalized spacial score (nSPS) is 28.4. The van der Waals surface area contributed by atoms with Gasteiger partial charge >= 0.3 is 0 Å². The van der Waals surface area contributed by atoms with E-state index < -0.39 is 0 Å². The third kappa shape index (κ3) is 3.33. The standard InChI is InChI=1S/C16H28N2O2/c1-4-6-11(3)10-18-13(7-5-2)15(19)17-14(16(18)20)12-8-9-12/h11-14H,4-10H2,1-3H3,(H,17,19). The molecule has 1 saturated heterocycles. The minimum atomic E-state index is -0.248. The molecular weight excluding hydrogens is 252 g/mol. The van der Waals surface area contributed by atoms with Crippen LogP contribution in [0.4, 0.5) is 0 Å². The van der Waals surface area contributed by atoms with Crippen LogP contribution in [0.2, 0.25) is 0 Å². The smallest absolute Gasteiger partial charge is 0.246 e. The highest BCUT2D eigenvalue weighted by molar-refractivity contribution is 5.97. The zero-order valence-electron chi connectivity index (χ0n) is 13.0. The van der Waals surface area contributed by atoms with Crippen molar-refractivity contribution in [1.82, 2.24) is 10.2 Å². The van der Waals surface area contributed by atoms with E-state index in [1.54, 1.807) is 0 Å². The van der Waals surface area contributed by atoms with Crippen LogP contribution in [-0.2, 0) is 9.59 Å². The van der Waals surface area contributed by atoms with Crippen LogP contribution in [0.15, 0.2) is 0 Å². The van der Waals surface area contributed by atoms with E-state index in [2.05, 4.69) is 26.1 Å². The number of carbonyl (C=O) groups excluding carboxylic acids is 2. The van der Waals surface area contributed by atoms with E-state index in [4.69, 9.17) is 0 Å². The van der Waals surface area contributed by atoms with Gasteiger partial charge in [-0.2, -0.15) is 0 Å². The van der Waals surface area contributed by atoms with E-state index in [0.29, 0.717) is 11.8 Å². The molecule has 0 aromatic carbocycles. The van der Waals surface area contributed by atoms with Gasteiger partial charge in [-0.25, -0.2) is 0 Å². The molecule has 4 nitrogen and oxygen atoms in total. The fourth-order valence-electron chi connectivity index (χ4n) is 3.23. The average molecular weight is 280 g/mol. The first-order valence-electron chi connectivity index (χ1n) is 8.19. The molecule has 1 saturated carbocycles. The number of piperazine rings is 1. The fourth-order valence-corrected chi connectivity index (χ4v) is 3.23. The van der Waals surface area contributed by atoms with E-state index in [1.165, 1.54) is 0 Å². The van der Waals surface area contributed by atoms with E-state index in [0.717, 1.165) is 45.1 Å². The second-order valence-electron chi connectivity index (χ2n) is 6.51. The lowest BCUT2D eigenvalue weighted by Gasteiger charge is -2.40. The Bertz CT molecular complexity index is 365. The Morgan fingerprint density at radius 3 is 2.50 bits per heavy atom. The van der Waals surface area contributed by atoms with Crippen molar-refractivity contribution < 1.29 is 9.59 Å². The number of hydrogen-bond acceptors (Lipinski definition) is 2. The van der Waals surface area contributed by atoms with Crippen LogP contribution in [-0.4, -0.2) is 35.3 Å². The monoisotopic (exact) mass is 280 g/mol. The molecule has 1 aliphatic carbocycles. The van der Waals surface area contributed by atoms with E-state index in [1.807, 2.05) is 4.90 Å². The molecule has 1 N–H and O–H groups in total. The van der Waals surface area contributed by atoms with Gasteiger partial charge in [0.1, 0.15) is 12.1 Å². The number of carbonyl (C=O) groups is 2. The van der Waals surface area contributed by atoms with Crippen molar-refractivity contribution in [1.29, 1.82) is 0 Å². The number of nitrogens with one attached hydrogen (secondary N) is 1. The minimum absolute atomic E-state index is 0.0621. The molecule has 20 heavy (non-hydrogen) atoms. The van der Waals surface area contributed by atoms with Crippen molar-refractivity contribution in [2.24, 2.45) is 11.8 Å². The van der Waals surface area contributed by atoms with Crippen LogP contribution in [0.1, 0.15) is 59.3 Å². The maximum atomic E-state index is 12.7. The van der Waals surface area contributed by atoms with Gasteiger partial charge in [-0.1, -0.05) is 33.6 Å². The Labute approximate surface area is 122 Å². The molecule has 3 atom stereocenters. The number of hydrogen-bond donors (Lipinski definition) is 1. The maximum Gasteiger partial charge on any atom is 0.246 e. The van der Waals surface area contributed by atoms with E-state index in [9.17, 15) is 9.59 Å². The van der Waals surface area contributed by atoms with Crippen molar-refractivity contribution in [3.05, 3.63) is 0 Å². The van der Waals surface area contributed by atoms with Gasteiger partial charge in [-0.3, -0.25) is 9.59 Å². The van der Waals surface area contributed by atoms with Gasteiger partial charge in [0.05, 0.1) is 0 Å². The predicted octanol–water partition coefficient (Wildman–Crippen LogP) is 2.33. The number of amides is 2. The molecule has 2 aliphatic rings. The van der Waals surface area contributed by atoms with E-state index in [-0.39, 0.29) is 23.9 Å². The highest BCUT2D eigenvalue weighted by Crippen LogP contribution is 2.35. The largest absolute Gasteiger partial charge is 0.342 e. The summed E-state index contributed by atoms with van der Waals surface area (Å²) in [6, 6.07) is -0.494. The van der Waals surface area contributed by atoms with E-state index >= 15 is 0 Å². The molecule has 2 fully saturated rings. The quantitative estimate of drug-likeness (QED) is 0.778. The first-order chi connectivity index (χ1) is 9.58. The summed E-state index contributed by atoms with van der Waals surface area (Å²) in [6.07, 6.45) is 6.09. The Hall–Kier alpha value is -1.06. The van der Waals surface area contributed by atoms with Crippen LogP contribution < -0.4 is 5.32 Å². The lowest BCUT2D eigenvalue weighted by atomic mass is 9.97. The SMILES string of the molecule is CCCC(C)CN1C(=O)C(C2CC2)NC(=O)C1CCC. The van der Waals surface area contributed by atoms with Gasteiger partial charge in [0.25, 0.3) is 0 Å². The van der Waals surface area contributed by atoms with Crippen LogP contribution >= 0.6 is 0 Å². The molecule has 0 aromatic rings. The van der Waals surface area contributed by atoms with Crippen LogP contribution in [0.5, 0.6) is 0 Å². The average Bonchev–Trinajstić information content (AvgIpc) is 3.22. The number of rotatable bonds is 7. The molecule has 4 heteroatoms. The van der Waals surface area contributed by atoms with Gasteiger partial charge in [0.2, 0.25) is 11.8 Å². The summed E-state index contributed by atoms with van der Waals surface area (Å²) in [5.41, 5.74) is 0. The lowest BCUT2D eigenvalue weighted by molar-refractivity contribution is -0.151. The Balaban J connectivity index is 2.10. The highest BCUT2D eigenvalue weighted by atomic mass is 16.2. The van der Waals surface area contributed by atoms with Crippen molar-refractivity contribution in [3.63, 3.8) is 0 Å². The first kappa shape index (κ1) is 15.3. The second-order valence-corrected chi connectivity index (χ2v) is 6.51.